The van der Waals surface area contributed by atoms with Gasteiger partial charge < -0.3 is 0 Å². The van der Waals surface area contributed by atoms with E-state index in [1.807, 2.05) is 12.1 Å². The molecule has 0 aliphatic carbocycles. The Labute approximate surface area is 171 Å². The van der Waals surface area contributed by atoms with Crippen molar-refractivity contribution in [1.82, 2.24) is 9.97 Å². The topological polar surface area (TPSA) is 73.4 Å². The van der Waals surface area contributed by atoms with Crippen molar-refractivity contribution in [3.05, 3.63) is 84.2 Å². The molecule has 0 amide bonds. The maximum atomic E-state index is 9.16. The first kappa shape index (κ1) is 17.1. The van der Waals surface area contributed by atoms with Gasteiger partial charge in [-0.05, 0) is 48.5 Å². The normalized spacial score (nSPS) is 10.7. The quantitative estimate of drug-likeness (QED) is 0.376. The van der Waals surface area contributed by atoms with Crippen LogP contribution in [0, 0.1) is 22.7 Å². The second-order valence-corrected chi connectivity index (χ2v) is 7.69. The second kappa shape index (κ2) is 6.83. The molecule has 4 nitrogen and oxygen atoms in total. The Morgan fingerprint density at radius 2 is 1.10 bits per heavy atom. The summed E-state index contributed by atoms with van der Waals surface area (Å²) < 4.78 is 2.38. The third-order valence-corrected chi connectivity index (χ3v) is 5.99. The molecule has 0 aliphatic rings. The Kier molecular flexibility index (Phi) is 4.02. The van der Waals surface area contributed by atoms with Gasteiger partial charge in [-0.1, -0.05) is 12.1 Å². The molecular formula is C24H12N4S. The number of benzene rings is 2. The molecular weight excluding hydrogens is 376 g/mol. The van der Waals surface area contributed by atoms with Crippen molar-refractivity contribution in [2.45, 2.75) is 0 Å². The third kappa shape index (κ3) is 3.00. The molecule has 2 aromatic carbocycles. The Bertz CT molecular complexity index is 1370. The van der Waals surface area contributed by atoms with Gasteiger partial charge in [0.05, 0.1) is 34.7 Å². The van der Waals surface area contributed by atoms with E-state index < -0.39 is 0 Å². The SMILES string of the molecule is N#Cc1ccnc(-c2ccc3sc4ccc(-c5cc(C#N)ccn5)cc4c3c2)c1. The Morgan fingerprint density at radius 1 is 0.621 bits per heavy atom. The first-order chi connectivity index (χ1) is 14.2. The summed E-state index contributed by atoms with van der Waals surface area (Å²) in [5, 5.41) is 20.6. The van der Waals surface area contributed by atoms with Gasteiger partial charge in [-0.2, -0.15) is 10.5 Å². The van der Waals surface area contributed by atoms with Crippen LogP contribution in [0.1, 0.15) is 11.1 Å². The lowest BCUT2D eigenvalue weighted by Gasteiger charge is -2.03. The molecule has 0 spiro atoms. The smallest absolute Gasteiger partial charge is 0.0992 e. The van der Waals surface area contributed by atoms with Crippen LogP contribution in [0.3, 0.4) is 0 Å². The predicted octanol–water partition coefficient (Wildman–Crippen LogP) is 5.92. The molecule has 0 fully saturated rings. The molecule has 0 N–H and O–H groups in total. The summed E-state index contributed by atoms with van der Waals surface area (Å²) in [5.74, 6) is 0. The minimum absolute atomic E-state index is 0.594. The number of fused-ring (bicyclic) bond motifs is 3. The highest BCUT2D eigenvalue weighted by atomic mass is 32.1. The first-order valence-corrected chi connectivity index (χ1v) is 9.76. The molecule has 0 bridgehead atoms. The molecule has 3 aromatic heterocycles. The van der Waals surface area contributed by atoms with Crippen molar-refractivity contribution in [1.29, 1.82) is 10.5 Å². The van der Waals surface area contributed by atoms with Gasteiger partial charge in [-0.3, -0.25) is 9.97 Å². The molecule has 5 heteroatoms. The van der Waals surface area contributed by atoms with Crippen molar-refractivity contribution in [3.63, 3.8) is 0 Å². The minimum Gasteiger partial charge on any atom is -0.256 e. The van der Waals surface area contributed by atoms with E-state index in [9.17, 15) is 0 Å². The minimum atomic E-state index is 0.594. The number of hydrogen-bond acceptors (Lipinski definition) is 5. The zero-order chi connectivity index (χ0) is 19.8. The standard InChI is InChI=1S/C24H12N4S/c25-13-15-5-7-27-21(9-15)17-1-3-23-19(11-17)20-12-18(2-4-24(20)29-23)22-10-16(14-26)6-8-28-22/h1-12H. The number of thiophene rings is 1. The summed E-state index contributed by atoms with van der Waals surface area (Å²) in [7, 11) is 0. The Balaban J connectivity index is 1.69. The summed E-state index contributed by atoms with van der Waals surface area (Å²) in [6.07, 6.45) is 3.32. The van der Waals surface area contributed by atoms with Gasteiger partial charge in [-0.25, -0.2) is 0 Å². The van der Waals surface area contributed by atoms with E-state index in [4.69, 9.17) is 10.5 Å². The maximum absolute atomic E-state index is 9.16. The summed E-state index contributed by atoms with van der Waals surface area (Å²) in [6.45, 7) is 0. The lowest BCUT2D eigenvalue weighted by Crippen LogP contribution is -1.85. The fourth-order valence-electron chi connectivity index (χ4n) is 3.41. The van der Waals surface area contributed by atoms with E-state index in [1.165, 1.54) is 9.40 Å². The van der Waals surface area contributed by atoms with Crippen LogP contribution >= 0.6 is 11.3 Å². The van der Waals surface area contributed by atoms with E-state index >= 15 is 0 Å². The summed E-state index contributed by atoms with van der Waals surface area (Å²) in [5.41, 5.74) is 4.70. The van der Waals surface area contributed by atoms with Crippen LogP contribution in [0.2, 0.25) is 0 Å². The fourth-order valence-corrected chi connectivity index (χ4v) is 4.48. The van der Waals surface area contributed by atoms with Gasteiger partial charge in [0.25, 0.3) is 0 Å². The van der Waals surface area contributed by atoms with Crippen molar-refractivity contribution in [2.24, 2.45) is 0 Å². The molecule has 0 radical (unpaired) electrons. The Morgan fingerprint density at radius 3 is 1.55 bits per heavy atom. The van der Waals surface area contributed by atoms with Gasteiger partial charge in [0, 0.05) is 43.7 Å². The lowest BCUT2D eigenvalue weighted by atomic mass is 10.0. The van der Waals surface area contributed by atoms with Crippen LogP contribution < -0.4 is 0 Å². The van der Waals surface area contributed by atoms with Crippen LogP contribution in [0.15, 0.2) is 73.1 Å². The molecule has 5 rings (SSSR count). The molecule has 0 aliphatic heterocycles. The summed E-state index contributed by atoms with van der Waals surface area (Å²) in [6, 6.07) is 23.9. The van der Waals surface area contributed by atoms with Gasteiger partial charge in [0.1, 0.15) is 0 Å². The number of aromatic nitrogens is 2. The average Bonchev–Trinajstić information content (AvgIpc) is 3.16. The van der Waals surface area contributed by atoms with Gasteiger partial charge in [0.15, 0.2) is 0 Å². The van der Waals surface area contributed by atoms with Crippen LogP contribution in [0.25, 0.3) is 42.7 Å². The maximum Gasteiger partial charge on any atom is 0.0992 e. The summed E-state index contributed by atoms with van der Waals surface area (Å²) >= 11 is 1.74. The fraction of sp³-hybridized carbons (Fsp3) is 0. The number of rotatable bonds is 2. The zero-order valence-corrected chi connectivity index (χ0v) is 15.9. The van der Waals surface area contributed by atoms with Crippen molar-refractivity contribution in [3.8, 4) is 34.7 Å². The average molecular weight is 388 g/mol. The van der Waals surface area contributed by atoms with Gasteiger partial charge >= 0.3 is 0 Å². The monoisotopic (exact) mass is 388 g/mol. The van der Waals surface area contributed by atoms with Crippen LogP contribution in [0.4, 0.5) is 0 Å². The molecule has 3 heterocycles. The molecule has 29 heavy (non-hydrogen) atoms. The zero-order valence-electron chi connectivity index (χ0n) is 15.1. The first-order valence-electron chi connectivity index (χ1n) is 8.94. The van der Waals surface area contributed by atoms with Gasteiger partial charge in [0.2, 0.25) is 0 Å². The van der Waals surface area contributed by atoms with E-state index in [0.717, 1.165) is 33.3 Å². The largest absolute Gasteiger partial charge is 0.256 e. The van der Waals surface area contributed by atoms with Gasteiger partial charge in [-0.15, -0.1) is 11.3 Å². The Hall–Kier alpha value is -4.06. The van der Waals surface area contributed by atoms with E-state index in [1.54, 1.807) is 48.0 Å². The second-order valence-electron chi connectivity index (χ2n) is 6.61. The third-order valence-electron chi connectivity index (χ3n) is 4.84. The highest BCUT2D eigenvalue weighted by Crippen LogP contribution is 2.38. The lowest BCUT2D eigenvalue weighted by molar-refractivity contribution is 1.31. The van der Waals surface area contributed by atoms with Crippen LogP contribution in [-0.2, 0) is 0 Å². The highest BCUT2D eigenvalue weighted by Gasteiger charge is 2.10. The molecule has 0 unspecified atom stereocenters. The molecule has 0 saturated heterocycles. The van der Waals surface area contributed by atoms with E-state index in [-0.39, 0.29) is 0 Å². The number of nitrogens with zero attached hydrogens (tertiary/aromatic N) is 4. The number of hydrogen-bond donors (Lipinski definition) is 0. The molecule has 0 saturated carbocycles. The predicted molar refractivity (Wildman–Crippen MR) is 115 cm³/mol. The van der Waals surface area contributed by atoms with Crippen molar-refractivity contribution >= 4 is 31.5 Å². The van der Waals surface area contributed by atoms with Crippen LogP contribution in [-0.4, -0.2) is 9.97 Å². The number of pyridine rings is 2. The molecule has 134 valence electrons. The van der Waals surface area contributed by atoms with Crippen molar-refractivity contribution < 1.29 is 0 Å². The van der Waals surface area contributed by atoms with E-state index in [0.29, 0.717) is 11.1 Å². The number of nitriles is 2. The van der Waals surface area contributed by atoms with E-state index in [2.05, 4.69) is 46.4 Å². The summed E-state index contributed by atoms with van der Waals surface area (Å²) in [4.78, 5) is 8.85. The van der Waals surface area contributed by atoms with Crippen molar-refractivity contribution in [2.75, 3.05) is 0 Å². The van der Waals surface area contributed by atoms with Crippen LogP contribution in [0.5, 0.6) is 0 Å². The molecule has 0 atom stereocenters. The highest BCUT2D eigenvalue weighted by molar-refractivity contribution is 7.25. The molecule has 5 aromatic rings.